The molecule has 0 saturated carbocycles. The molecule has 1 aliphatic heterocycles. The normalized spacial score (nSPS) is 14.1. The molecular weight excluding hydrogens is 376 g/mol. The van der Waals surface area contributed by atoms with Gasteiger partial charge in [-0.25, -0.2) is 0 Å². The van der Waals surface area contributed by atoms with Crippen molar-refractivity contribution in [2.45, 2.75) is 33.1 Å². The van der Waals surface area contributed by atoms with Crippen LogP contribution in [0.5, 0.6) is 5.75 Å². The average Bonchev–Trinajstić information content (AvgIpc) is 2.75. The van der Waals surface area contributed by atoms with Crippen LogP contribution in [-0.2, 0) is 4.79 Å². The Morgan fingerprint density at radius 1 is 1.10 bits per heavy atom. The maximum Gasteiger partial charge on any atom is 0.260 e. The lowest BCUT2D eigenvalue weighted by Gasteiger charge is -2.28. The number of benzene rings is 3. The summed E-state index contributed by atoms with van der Waals surface area (Å²) in [6.45, 7) is 5.08. The van der Waals surface area contributed by atoms with E-state index in [0.717, 1.165) is 41.4 Å². The number of anilines is 2. The summed E-state index contributed by atoms with van der Waals surface area (Å²) < 4.78 is 5.74. The Bertz CT molecular complexity index is 1110. The number of hydrogen-bond donors (Lipinski definition) is 1. The molecular formula is C25H26N2O3. The number of ether oxygens (including phenoxy) is 1. The fourth-order valence-electron chi connectivity index (χ4n) is 3.99. The Kier molecular flexibility index (Phi) is 5.70. The number of carbonyl (C=O) groups is 2. The number of carbonyl (C=O) groups excluding carboxylic acids is 2. The molecule has 5 heteroatoms. The third kappa shape index (κ3) is 3.88. The van der Waals surface area contributed by atoms with E-state index in [4.69, 9.17) is 4.74 Å². The molecule has 0 radical (unpaired) electrons. The van der Waals surface area contributed by atoms with Gasteiger partial charge >= 0.3 is 0 Å². The Balaban J connectivity index is 1.69. The van der Waals surface area contributed by atoms with Crippen molar-refractivity contribution in [2.24, 2.45) is 0 Å². The molecule has 1 fully saturated rings. The van der Waals surface area contributed by atoms with Crippen LogP contribution >= 0.6 is 0 Å². The van der Waals surface area contributed by atoms with Crippen LogP contribution in [0.1, 0.15) is 42.1 Å². The number of hydrogen-bond acceptors (Lipinski definition) is 3. The molecule has 2 amide bonds. The van der Waals surface area contributed by atoms with Gasteiger partial charge in [-0.05, 0) is 61.2 Å². The van der Waals surface area contributed by atoms with Crippen LogP contribution in [0.2, 0.25) is 0 Å². The first-order valence-electron chi connectivity index (χ1n) is 10.5. The minimum atomic E-state index is -0.227. The molecule has 1 saturated heterocycles. The molecule has 5 nitrogen and oxygen atoms in total. The summed E-state index contributed by atoms with van der Waals surface area (Å²) in [5.74, 6) is 0.475. The fourth-order valence-corrected chi connectivity index (χ4v) is 3.99. The van der Waals surface area contributed by atoms with Crippen LogP contribution in [0.15, 0.2) is 54.6 Å². The van der Waals surface area contributed by atoms with Crippen LogP contribution in [0.3, 0.4) is 0 Å². The first kappa shape index (κ1) is 20.0. The quantitative estimate of drug-likeness (QED) is 0.629. The monoisotopic (exact) mass is 402 g/mol. The van der Waals surface area contributed by atoms with Gasteiger partial charge in [0.15, 0.2) is 0 Å². The van der Waals surface area contributed by atoms with Crippen LogP contribution < -0.4 is 15.0 Å². The number of amides is 2. The van der Waals surface area contributed by atoms with Gasteiger partial charge in [0.2, 0.25) is 5.91 Å². The second-order valence-corrected chi connectivity index (χ2v) is 7.55. The molecule has 0 unspecified atom stereocenters. The first-order chi connectivity index (χ1) is 14.6. The molecule has 30 heavy (non-hydrogen) atoms. The van der Waals surface area contributed by atoms with Crippen molar-refractivity contribution in [3.63, 3.8) is 0 Å². The Labute approximate surface area is 176 Å². The fraction of sp³-hybridized carbons (Fsp3) is 0.280. The van der Waals surface area contributed by atoms with E-state index in [2.05, 4.69) is 5.32 Å². The number of nitrogens with zero attached hydrogens (tertiary/aromatic N) is 1. The van der Waals surface area contributed by atoms with Gasteiger partial charge in [-0.2, -0.15) is 0 Å². The maximum absolute atomic E-state index is 13.3. The molecule has 1 heterocycles. The molecule has 0 atom stereocenters. The van der Waals surface area contributed by atoms with Gasteiger partial charge in [0.1, 0.15) is 5.75 Å². The highest BCUT2D eigenvalue weighted by Crippen LogP contribution is 2.31. The minimum absolute atomic E-state index is 0.139. The van der Waals surface area contributed by atoms with E-state index in [1.165, 1.54) is 0 Å². The van der Waals surface area contributed by atoms with E-state index in [0.29, 0.717) is 30.0 Å². The van der Waals surface area contributed by atoms with Gasteiger partial charge in [-0.15, -0.1) is 0 Å². The van der Waals surface area contributed by atoms with Gasteiger partial charge < -0.3 is 15.0 Å². The van der Waals surface area contributed by atoms with Crippen LogP contribution in [-0.4, -0.2) is 25.0 Å². The number of aryl methyl sites for hydroxylation is 1. The average molecular weight is 402 g/mol. The zero-order valence-corrected chi connectivity index (χ0v) is 17.4. The minimum Gasteiger partial charge on any atom is -0.493 e. The topological polar surface area (TPSA) is 58.6 Å². The number of nitrogens with one attached hydrogen (secondary N) is 1. The Hall–Kier alpha value is -3.34. The molecule has 1 N–H and O–H groups in total. The number of rotatable bonds is 5. The molecule has 3 aromatic carbocycles. The second kappa shape index (κ2) is 8.57. The lowest BCUT2D eigenvalue weighted by atomic mass is 10.0. The van der Waals surface area contributed by atoms with Gasteiger partial charge in [0, 0.05) is 24.3 Å². The summed E-state index contributed by atoms with van der Waals surface area (Å²) in [6, 6.07) is 17.3. The van der Waals surface area contributed by atoms with Crippen molar-refractivity contribution in [3.05, 3.63) is 65.7 Å². The summed E-state index contributed by atoms with van der Waals surface area (Å²) in [4.78, 5) is 27.5. The largest absolute Gasteiger partial charge is 0.493 e. The first-order valence-corrected chi connectivity index (χ1v) is 10.5. The molecule has 154 valence electrons. The third-order valence-corrected chi connectivity index (χ3v) is 5.50. The molecule has 0 aromatic heterocycles. The SMILES string of the molecule is CCOc1ccc2ccccc2c1C(=O)Nc1ccc(C)c(N2CCCCC2=O)c1. The van der Waals surface area contributed by atoms with Gasteiger partial charge in [-0.1, -0.05) is 36.4 Å². The van der Waals surface area contributed by atoms with Crippen molar-refractivity contribution in [3.8, 4) is 5.75 Å². The van der Waals surface area contributed by atoms with Crippen molar-refractivity contribution < 1.29 is 14.3 Å². The highest BCUT2D eigenvalue weighted by Gasteiger charge is 2.22. The van der Waals surface area contributed by atoms with E-state index in [9.17, 15) is 9.59 Å². The van der Waals surface area contributed by atoms with Crippen molar-refractivity contribution in [1.82, 2.24) is 0 Å². The lowest BCUT2D eigenvalue weighted by Crippen LogP contribution is -2.35. The summed E-state index contributed by atoms with van der Waals surface area (Å²) >= 11 is 0. The highest BCUT2D eigenvalue weighted by molar-refractivity contribution is 6.15. The molecule has 0 aliphatic carbocycles. The Morgan fingerprint density at radius 3 is 2.73 bits per heavy atom. The molecule has 0 bridgehead atoms. The molecule has 1 aliphatic rings. The van der Waals surface area contributed by atoms with E-state index in [-0.39, 0.29) is 11.8 Å². The molecule has 3 aromatic rings. The third-order valence-electron chi connectivity index (χ3n) is 5.50. The summed E-state index contributed by atoms with van der Waals surface area (Å²) in [7, 11) is 0. The van der Waals surface area contributed by atoms with Gasteiger partial charge in [-0.3, -0.25) is 9.59 Å². The summed E-state index contributed by atoms with van der Waals surface area (Å²) in [5.41, 5.74) is 3.06. The van der Waals surface area contributed by atoms with E-state index in [1.807, 2.05) is 73.3 Å². The van der Waals surface area contributed by atoms with Crippen LogP contribution in [0, 0.1) is 6.92 Å². The number of fused-ring (bicyclic) bond motifs is 1. The van der Waals surface area contributed by atoms with Crippen molar-refractivity contribution in [1.29, 1.82) is 0 Å². The lowest BCUT2D eigenvalue weighted by molar-refractivity contribution is -0.119. The van der Waals surface area contributed by atoms with Crippen LogP contribution in [0.25, 0.3) is 10.8 Å². The predicted molar refractivity (Wildman–Crippen MR) is 120 cm³/mol. The molecule has 0 spiro atoms. The van der Waals surface area contributed by atoms with Crippen molar-refractivity contribution >= 4 is 34.0 Å². The van der Waals surface area contributed by atoms with E-state index in [1.54, 1.807) is 0 Å². The van der Waals surface area contributed by atoms with Gasteiger partial charge in [0.25, 0.3) is 5.91 Å². The second-order valence-electron chi connectivity index (χ2n) is 7.55. The van der Waals surface area contributed by atoms with Crippen LogP contribution in [0.4, 0.5) is 11.4 Å². The predicted octanol–water partition coefficient (Wildman–Crippen LogP) is 5.32. The smallest absolute Gasteiger partial charge is 0.260 e. The van der Waals surface area contributed by atoms with Crippen molar-refractivity contribution in [2.75, 3.05) is 23.4 Å². The molecule has 4 rings (SSSR count). The standard InChI is InChI=1S/C25H26N2O3/c1-3-30-22-14-12-18-8-4-5-9-20(18)24(22)25(29)26-19-13-11-17(2)21(16-19)27-15-7-6-10-23(27)28/h4-5,8-9,11-14,16H,3,6-7,10,15H2,1-2H3,(H,26,29). The zero-order chi connectivity index (χ0) is 21.1. The highest BCUT2D eigenvalue weighted by atomic mass is 16.5. The zero-order valence-electron chi connectivity index (χ0n) is 17.4. The summed E-state index contributed by atoms with van der Waals surface area (Å²) in [6.07, 6.45) is 2.51. The number of piperidine rings is 1. The van der Waals surface area contributed by atoms with Gasteiger partial charge in [0.05, 0.1) is 12.2 Å². The van der Waals surface area contributed by atoms with E-state index < -0.39 is 0 Å². The summed E-state index contributed by atoms with van der Waals surface area (Å²) in [5, 5.41) is 4.84. The Morgan fingerprint density at radius 2 is 1.93 bits per heavy atom. The van der Waals surface area contributed by atoms with E-state index >= 15 is 0 Å². The maximum atomic E-state index is 13.3.